The first-order valence-electron chi connectivity index (χ1n) is 19.2. The number of nitrogens with one attached hydrogen (secondary N) is 4. The van der Waals surface area contributed by atoms with Gasteiger partial charge in [-0.15, -0.1) is 5.10 Å². The highest BCUT2D eigenvalue weighted by Gasteiger charge is 2.45. The molecule has 0 radical (unpaired) electrons. The van der Waals surface area contributed by atoms with Gasteiger partial charge in [0.25, 0.3) is 28.8 Å². The summed E-state index contributed by atoms with van der Waals surface area (Å²) in [6.45, 7) is 1.91. The van der Waals surface area contributed by atoms with E-state index in [0.29, 0.717) is 34.7 Å². The number of pyridine rings is 1. The van der Waals surface area contributed by atoms with Crippen molar-refractivity contribution in [3.8, 4) is 22.1 Å². The summed E-state index contributed by atoms with van der Waals surface area (Å²) in [6.07, 6.45) is 3.27. The summed E-state index contributed by atoms with van der Waals surface area (Å²) >= 11 is 1.08. The van der Waals surface area contributed by atoms with Gasteiger partial charge in [0.05, 0.1) is 50.2 Å². The lowest BCUT2D eigenvalue weighted by Gasteiger charge is -2.27. The average molecular weight is 849 g/mol. The van der Waals surface area contributed by atoms with E-state index in [1.165, 1.54) is 12.3 Å². The Labute approximate surface area is 353 Å². The van der Waals surface area contributed by atoms with E-state index in [1.807, 2.05) is 24.3 Å². The zero-order valence-corrected chi connectivity index (χ0v) is 33.6. The zero-order chi connectivity index (χ0) is 42.7. The number of ether oxygens (including phenoxy) is 4. The third-order valence-electron chi connectivity index (χ3n) is 9.60. The van der Waals surface area contributed by atoms with Crippen LogP contribution in [0.5, 0.6) is 10.9 Å². The molecule has 1 fully saturated rings. The maximum Gasteiger partial charge on any atom is 0.296 e. The first kappa shape index (κ1) is 42.0. The number of carbonyl (C=O) groups excluding carboxylic acids is 6. The van der Waals surface area contributed by atoms with Gasteiger partial charge in [-0.25, -0.2) is 0 Å². The van der Waals surface area contributed by atoms with E-state index < -0.39 is 29.7 Å². The molecule has 0 bridgehead atoms. The predicted molar refractivity (Wildman–Crippen MR) is 220 cm³/mol. The lowest BCUT2D eigenvalue weighted by atomic mass is 10.0. The van der Waals surface area contributed by atoms with E-state index in [4.69, 9.17) is 18.9 Å². The Morgan fingerprint density at radius 2 is 1.61 bits per heavy atom. The van der Waals surface area contributed by atoms with Crippen molar-refractivity contribution in [3.63, 3.8) is 0 Å². The van der Waals surface area contributed by atoms with Crippen molar-refractivity contribution in [3.05, 3.63) is 113 Å². The van der Waals surface area contributed by atoms with Gasteiger partial charge in [-0.1, -0.05) is 41.5 Å². The number of nitrogens with zero attached hydrogens (tertiary/aromatic N) is 4. The SMILES string of the molecule is COc1ccccc1-c1cnccc1C(=O)Nc1nnc(OCc2ccc(C(=O)NCCOCCOCCNc3cccc4c3C(=O)N(C3CCC(=O)NC3=O)C4=O)cc2)s1. The first-order chi connectivity index (χ1) is 29.7. The van der Waals surface area contributed by atoms with Crippen LogP contribution < -0.4 is 30.7 Å². The Balaban J connectivity index is 0.766. The van der Waals surface area contributed by atoms with Crippen molar-refractivity contribution < 1.29 is 47.7 Å². The second-order valence-electron chi connectivity index (χ2n) is 13.5. The number of amides is 6. The highest BCUT2D eigenvalue weighted by atomic mass is 32.1. The van der Waals surface area contributed by atoms with Crippen molar-refractivity contribution in [2.75, 3.05) is 57.3 Å². The van der Waals surface area contributed by atoms with E-state index in [-0.39, 0.29) is 85.7 Å². The second kappa shape index (κ2) is 19.8. The minimum absolute atomic E-state index is 0.0447. The van der Waals surface area contributed by atoms with Gasteiger partial charge < -0.3 is 29.6 Å². The van der Waals surface area contributed by atoms with Gasteiger partial charge in [-0.05, 0) is 59.7 Å². The van der Waals surface area contributed by atoms with Gasteiger partial charge in [0.2, 0.25) is 16.9 Å². The summed E-state index contributed by atoms with van der Waals surface area (Å²) < 4.78 is 22.4. The molecule has 3 aromatic carbocycles. The Kier molecular flexibility index (Phi) is 13.6. The van der Waals surface area contributed by atoms with Crippen LogP contribution >= 0.6 is 11.3 Å². The normalized spacial score (nSPS) is 14.6. The van der Waals surface area contributed by atoms with Crippen molar-refractivity contribution in [2.24, 2.45) is 0 Å². The Morgan fingerprint density at radius 3 is 2.39 bits per heavy atom. The highest BCUT2D eigenvalue weighted by molar-refractivity contribution is 7.17. The fourth-order valence-corrected chi connectivity index (χ4v) is 7.23. The van der Waals surface area contributed by atoms with Gasteiger partial charge in [-0.2, -0.15) is 0 Å². The zero-order valence-electron chi connectivity index (χ0n) is 32.8. The van der Waals surface area contributed by atoms with Crippen LogP contribution in [-0.2, 0) is 25.7 Å². The second-order valence-corrected chi connectivity index (χ2v) is 14.5. The van der Waals surface area contributed by atoms with Crippen LogP contribution in [-0.4, -0.2) is 108 Å². The van der Waals surface area contributed by atoms with Crippen LogP contribution in [0.3, 0.4) is 0 Å². The minimum atomic E-state index is -1.04. The van der Waals surface area contributed by atoms with Crippen molar-refractivity contribution in [1.29, 1.82) is 0 Å². The van der Waals surface area contributed by atoms with Crippen molar-refractivity contribution in [1.82, 2.24) is 30.7 Å². The Bertz CT molecular complexity index is 2440. The number of anilines is 2. The molecule has 6 amide bonds. The van der Waals surface area contributed by atoms with E-state index in [9.17, 15) is 28.8 Å². The molecular weight excluding hydrogens is 809 g/mol. The summed E-state index contributed by atoms with van der Waals surface area (Å²) in [5.41, 5.74) is 3.79. The fourth-order valence-electron chi connectivity index (χ4n) is 6.64. The molecule has 5 aromatic rings. The predicted octanol–water partition coefficient (Wildman–Crippen LogP) is 3.72. The summed E-state index contributed by atoms with van der Waals surface area (Å²) in [5, 5.41) is 19.5. The Morgan fingerprint density at radius 1 is 0.836 bits per heavy atom. The molecule has 4 heterocycles. The third-order valence-corrected chi connectivity index (χ3v) is 10.4. The van der Waals surface area contributed by atoms with Crippen LogP contribution in [0.25, 0.3) is 11.1 Å². The van der Waals surface area contributed by atoms with E-state index >= 15 is 0 Å². The number of para-hydroxylation sites is 1. The van der Waals surface area contributed by atoms with Gasteiger partial charge in [0.15, 0.2) is 0 Å². The molecule has 1 atom stereocenters. The number of piperidine rings is 1. The van der Waals surface area contributed by atoms with E-state index in [1.54, 1.807) is 55.8 Å². The van der Waals surface area contributed by atoms with Crippen LogP contribution in [0.15, 0.2) is 85.2 Å². The topological polar surface area (TPSA) is 229 Å². The molecule has 7 rings (SSSR count). The number of hydrogen-bond acceptors (Lipinski definition) is 15. The molecule has 0 saturated carbocycles. The van der Waals surface area contributed by atoms with Gasteiger partial charge in [0.1, 0.15) is 18.4 Å². The highest BCUT2D eigenvalue weighted by Crippen LogP contribution is 2.34. The Hall–Kier alpha value is -7.09. The number of carbonyl (C=O) groups is 6. The number of aromatic nitrogens is 3. The summed E-state index contributed by atoms with van der Waals surface area (Å²) in [4.78, 5) is 81.1. The standard InChI is InChI=1S/C42H40N8O10S/c1-57-33-8-3-2-5-27(33)30-23-43-16-15-28(30)37(53)47-41-48-49-42(61-41)60-24-25-9-11-26(12-10-25)36(52)45-18-20-59-22-21-58-19-17-44-31-7-4-6-29-35(31)40(56)50(39(29)55)32-13-14-34(51)46-38(32)54/h2-12,15-16,23,32,44H,13-14,17-22,24H2,1H3,(H,45,52)(H,46,51,54)(H,47,48,53). The first-order valence-corrected chi connectivity index (χ1v) is 20.0. The fraction of sp³-hybridized carbons (Fsp3) is 0.262. The molecule has 2 aliphatic rings. The van der Waals surface area contributed by atoms with Crippen LogP contribution in [0.4, 0.5) is 10.8 Å². The molecule has 2 aliphatic heterocycles. The molecule has 19 heteroatoms. The van der Waals surface area contributed by atoms with Gasteiger partial charge in [-0.3, -0.25) is 49.3 Å². The number of methoxy groups -OCH3 is 1. The van der Waals surface area contributed by atoms with E-state index in [2.05, 4.69) is 36.4 Å². The number of imide groups is 2. The molecule has 61 heavy (non-hydrogen) atoms. The maximum atomic E-state index is 13.2. The summed E-state index contributed by atoms with van der Waals surface area (Å²) in [5.74, 6) is -2.30. The van der Waals surface area contributed by atoms with E-state index in [0.717, 1.165) is 27.4 Å². The molecule has 2 aromatic heterocycles. The third kappa shape index (κ3) is 10.0. The minimum Gasteiger partial charge on any atom is -0.496 e. The van der Waals surface area contributed by atoms with Crippen molar-refractivity contribution >= 4 is 57.6 Å². The number of hydrogen-bond donors (Lipinski definition) is 4. The number of fused-ring (bicyclic) bond motifs is 1. The monoisotopic (exact) mass is 848 g/mol. The molecular formula is C42H40N8O10S. The van der Waals surface area contributed by atoms with Gasteiger partial charge in [0, 0.05) is 54.3 Å². The summed E-state index contributed by atoms with van der Waals surface area (Å²) in [7, 11) is 1.56. The summed E-state index contributed by atoms with van der Waals surface area (Å²) in [6, 6.07) is 19.7. The lowest BCUT2D eigenvalue weighted by Crippen LogP contribution is -2.54. The van der Waals surface area contributed by atoms with Gasteiger partial charge >= 0.3 is 0 Å². The quantitative estimate of drug-likeness (QED) is 0.0686. The molecule has 4 N–H and O–H groups in total. The van der Waals surface area contributed by atoms with Crippen LogP contribution in [0.2, 0.25) is 0 Å². The largest absolute Gasteiger partial charge is 0.496 e. The smallest absolute Gasteiger partial charge is 0.296 e. The van der Waals surface area contributed by atoms with Crippen LogP contribution in [0.1, 0.15) is 59.8 Å². The molecule has 1 unspecified atom stereocenters. The molecule has 0 spiro atoms. The molecule has 314 valence electrons. The average Bonchev–Trinajstić information content (AvgIpc) is 3.83. The number of rotatable bonds is 19. The van der Waals surface area contributed by atoms with Crippen molar-refractivity contribution in [2.45, 2.75) is 25.5 Å². The molecule has 18 nitrogen and oxygen atoms in total. The van der Waals surface area contributed by atoms with Crippen LogP contribution in [0, 0.1) is 0 Å². The number of benzene rings is 3. The molecule has 0 aliphatic carbocycles. The molecule has 1 saturated heterocycles. The lowest BCUT2D eigenvalue weighted by molar-refractivity contribution is -0.136. The maximum absolute atomic E-state index is 13.2.